The minimum absolute atomic E-state index is 0.717. The van der Waals surface area contributed by atoms with Gasteiger partial charge in [-0.2, -0.15) is 4.98 Å². The summed E-state index contributed by atoms with van der Waals surface area (Å²) in [5.41, 5.74) is 5.61. The lowest BCUT2D eigenvalue weighted by Crippen LogP contribution is -2.19. The van der Waals surface area contributed by atoms with Crippen molar-refractivity contribution in [3.63, 3.8) is 0 Å². The van der Waals surface area contributed by atoms with Gasteiger partial charge in [-0.15, -0.1) is 0 Å². The Hall–Kier alpha value is -3.08. The quantitative estimate of drug-likeness (QED) is 0.597. The zero-order chi connectivity index (χ0) is 20.2. The fraction of sp³-hybridized carbons (Fsp3) is 0.333. The molecular weight excluding hydrogens is 358 g/mol. The zero-order valence-corrected chi connectivity index (χ0v) is 17.5. The molecule has 0 saturated carbocycles. The molecule has 0 radical (unpaired) electrons. The summed E-state index contributed by atoms with van der Waals surface area (Å²) in [5, 5.41) is 3.45. The first-order chi connectivity index (χ1) is 14.1. The van der Waals surface area contributed by atoms with Crippen molar-refractivity contribution in [2.75, 3.05) is 34.8 Å². The predicted molar refractivity (Wildman–Crippen MR) is 122 cm³/mol. The van der Waals surface area contributed by atoms with Crippen LogP contribution in [-0.4, -0.2) is 29.6 Å². The number of hydrogen-bond donors (Lipinski definition) is 1. The molecule has 1 saturated heterocycles. The maximum Gasteiger partial charge on any atom is 0.232 e. The molecular formula is C24H29N5. The average Bonchev–Trinajstić information content (AvgIpc) is 3.24. The van der Waals surface area contributed by atoms with Gasteiger partial charge in [0.05, 0.1) is 0 Å². The molecule has 0 atom stereocenters. The van der Waals surface area contributed by atoms with Crippen LogP contribution in [0, 0.1) is 13.8 Å². The van der Waals surface area contributed by atoms with Crippen LogP contribution in [0.25, 0.3) is 0 Å². The van der Waals surface area contributed by atoms with Gasteiger partial charge in [0.25, 0.3) is 0 Å². The first kappa shape index (κ1) is 19.2. The number of aromatic nitrogens is 2. The molecule has 0 aliphatic carbocycles. The maximum atomic E-state index is 4.80. The van der Waals surface area contributed by atoms with E-state index in [0.29, 0.717) is 5.95 Å². The molecule has 0 unspecified atom stereocenters. The van der Waals surface area contributed by atoms with E-state index >= 15 is 0 Å². The van der Waals surface area contributed by atoms with Crippen LogP contribution in [0.1, 0.15) is 31.0 Å². The molecule has 0 amide bonds. The molecule has 1 aliphatic rings. The third-order valence-electron chi connectivity index (χ3n) is 5.32. The van der Waals surface area contributed by atoms with Crippen LogP contribution in [0.5, 0.6) is 0 Å². The van der Waals surface area contributed by atoms with E-state index in [2.05, 4.69) is 82.5 Å². The molecule has 3 aromatic rings. The molecule has 2 aromatic carbocycles. The smallest absolute Gasteiger partial charge is 0.232 e. The van der Waals surface area contributed by atoms with Gasteiger partial charge in [0.2, 0.25) is 5.95 Å². The second kappa shape index (κ2) is 8.52. The molecule has 1 aliphatic heterocycles. The van der Waals surface area contributed by atoms with Gasteiger partial charge < -0.3 is 15.1 Å². The van der Waals surface area contributed by atoms with Gasteiger partial charge in [-0.05, 0) is 75.6 Å². The fourth-order valence-electron chi connectivity index (χ4n) is 3.85. The maximum absolute atomic E-state index is 4.80. The zero-order valence-electron chi connectivity index (χ0n) is 17.5. The highest BCUT2D eigenvalue weighted by Crippen LogP contribution is 2.27. The van der Waals surface area contributed by atoms with Crippen LogP contribution in [0.4, 0.5) is 28.8 Å². The van der Waals surface area contributed by atoms with Crippen LogP contribution in [0.3, 0.4) is 0 Å². The highest BCUT2D eigenvalue weighted by Gasteiger charge is 2.14. The number of benzene rings is 2. The van der Waals surface area contributed by atoms with Gasteiger partial charge in [0.1, 0.15) is 5.82 Å². The first-order valence-corrected chi connectivity index (χ1v) is 10.4. The lowest BCUT2D eigenvalue weighted by atomic mass is 10.2. The van der Waals surface area contributed by atoms with Crippen LogP contribution in [-0.2, 0) is 0 Å². The molecule has 1 N–H and O–H groups in total. The lowest BCUT2D eigenvalue weighted by molar-refractivity contribution is 0.935. The summed E-state index contributed by atoms with van der Waals surface area (Å²) in [4.78, 5) is 14.1. The second-order valence-corrected chi connectivity index (χ2v) is 7.64. The van der Waals surface area contributed by atoms with Gasteiger partial charge in [0, 0.05) is 48.5 Å². The Morgan fingerprint density at radius 1 is 0.966 bits per heavy atom. The number of nitrogens with zero attached hydrogens (tertiary/aromatic N) is 4. The van der Waals surface area contributed by atoms with Crippen molar-refractivity contribution in [2.24, 2.45) is 0 Å². The van der Waals surface area contributed by atoms with Gasteiger partial charge in [-0.1, -0.05) is 12.1 Å². The van der Waals surface area contributed by atoms with E-state index in [4.69, 9.17) is 4.98 Å². The summed E-state index contributed by atoms with van der Waals surface area (Å²) in [5.74, 6) is 1.53. The van der Waals surface area contributed by atoms with Gasteiger partial charge >= 0.3 is 0 Å². The van der Waals surface area contributed by atoms with E-state index in [9.17, 15) is 0 Å². The van der Waals surface area contributed by atoms with E-state index < -0.39 is 0 Å². The number of rotatable bonds is 6. The fourth-order valence-corrected chi connectivity index (χ4v) is 3.85. The monoisotopic (exact) mass is 387 g/mol. The Kier molecular flexibility index (Phi) is 5.65. The second-order valence-electron chi connectivity index (χ2n) is 7.64. The van der Waals surface area contributed by atoms with E-state index in [1.807, 2.05) is 13.0 Å². The van der Waals surface area contributed by atoms with E-state index in [-0.39, 0.29) is 0 Å². The Labute approximate surface area is 173 Å². The molecule has 0 spiro atoms. The number of nitrogens with one attached hydrogen (secondary N) is 1. The molecule has 1 fully saturated rings. The summed E-state index contributed by atoms with van der Waals surface area (Å²) >= 11 is 0. The topological polar surface area (TPSA) is 44.3 Å². The third-order valence-corrected chi connectivity index (χ3v) is 5.32. The van der Waals surface area contributed by atoms with Crippen molar-refractivity contribution in [1.82, 2.24) is 9.97 Å². The highest BCUT2D eigenvalue weighted by atomic mass is 15.3. The van der Waals surface area contributed by atoms with Crippen molar-refractivity contribution in [3.8, 4) is 0 Å². The number of aryl methyl sites for hydroxylation is 2. The van der Waals surface area contributed by atoms with Crippen LogP contribution >= 0.6 is 0 Å². The van der Waals surface area contributed by atoms with Gasteiger partial charge in [0.15, 0.2) is 0 Å². The standard InChI is InChI=1S/C24H29N5/c1-4-29(22-9-7-8-18(2)16-22)24-25-19(3)17-23(27-24)26-20-10-12-21(13-11-20)28-14-5-6-15-28/h7-13,16-17H,4-6,14-15H2,1-3H3,(H,25,26,27). The van der Waals surface area contributed by atoms with E-state index in [0.717, 1.165) is 42.5 Å². The molecule has 29 heavy (non-hydrogen) atoms. The minimum Gasteiger partial charge on any atom is -0.372 e. The Morgan fingerprint density at radius 3 is 2.41 bits per heavy atom. The SMILES string of the molecule is CCN(c1cccc(C)c1)c1nc(C)cc(Nc2ccc(N3CCCC3)cc2)n1. The summed E-state index contributed by atoms with van der Waals surface area (Å²) in [6, 6.07) is 19.1. The van der Waals surface area contributed by atoms with E-state index in [1.165, 1.54) is 24.1 Å². The molecule has 2 heterocycles. The van der Waals surface area contributed by atoms with Crippen LogP contribution in [0.2, 0.25) is 0 Å². The largest absolute Gasteiger partial charge is 0.372 e. The van der Waals surface area contributed by atoms with Crippen LogP contribution < -0.4 is 15.1 Å². The normalized spacial score (nSPS) is 13.6. The summed E-state index contributed by atoms with van der Waals surface area (Å²) in [6.45, 7) is 9.36. The van der Waals surface area contributed by atoms with Crippen LogP contribution in [0.15, 0.2) is 54.6 Å². The minimum atomic E-state index is 0.717. The molecule has 1 aromatic heterocycles. The van der Waals surface area contributed by atoms with Crippen molar-refractivity contribution in [1.29, 1.82) is 0 Å². The number of anilines is 5. The summed E-state index contributed by atoms with van der Waals surface area (Å²) in [6.07, 6.45) is 2.58. The first-order valence-electron chi connectivity index (χ1n) is 10.4. The number of hydrogen-bond acceptors (Lipinski definition) is 5. The molecule has 5 nitrogen and oxygen atoms in total. The Balaban J connectivity index is 1.56. The Morgan fingerprint density at radius 2 is 1.72 bits per heavy atom. The molecule has 150 valence electrons. The summed E-state index contributed by atoms with van der Waals surface area (Å²) in [7, 11) is 0. The molecule has 0 bridgehead atoms. The lowest BCUT2D eigenvalue weighted by Gasteiger charge is -2.22. The third kappa shape index (κ3) is 4.50. The van der Waals surface area contributed by atoms with Crippen molar-refractivity contribution < 1.29 is 0 Å². The summed E-state index contributed by atoms with van der Waals surface area (Å²) < 4.78 is 0. The Bertz CT molecular complexity index is 961. The molecule has 5 heteroatoms. The highest BCUT2D eigenvalue weighted by molar-refractivity contribution is 5.64. The van der Waals surface area contributed by atoms with Crippen molar-refractivity contribution in [3.05, 3.63) is 65.9 Å². The van der Waals surface area contributed by atoms with Gasteiger partial charge in [-0.3, -0.25) is 0 Å². The van der Waals surface area contributed by atoms with Gasteiger partial charge in [-0.25, -0.2) is 4.98 Å². The average molecular weight is 388 g/mol. The van der Waals surface area contributed by atoms with Crippen molar-refractivity contribution >= 4 is 28.8 Å². The molecule has 4 rings (SSSR count). The van der Waals surface area contributed by atoms with E-state index in [1.54, 1.807) is 0 Å². The van der Waals surface area contributed by atoms with Crippen molar-refractivity contribution in [2.45, 2.75) is 33.6 Å². The predicted octanol–water partition coefficient (Wildman–Crippen LogP) is 5.60.